The Balaban J connectivity index is 2.09. The van der Waals surface area contributed by atoms with Crippen LogP contribution >= 0.6 is 31.9 Å². The minimum atomic E-state index is 0.437. The third-order valence-corrected chi connectivity index (χ3v) is 4.10. The van der Waals surface area contributed by atoms with Crippen molar-refractivity contribution in [2.45, 2.75) is 20.5 Å². The van der Waals surface area contributed by atoms with E-state index in [4.69, 9.17) is 9.15 Å². The third kappa shape index (κ3) is 3.13. The second-order valence-electron chi connectivity index (χ2n) is 3.87. The molecule has 0 atom stereocenters. The Morgan fingerprint density at radius 2 is 1.76 bits per heavy atom. The van der Waals surface area contributed by atoms with E-state index in [1.807, 2.05) is 38.1 Å². The topological polar surface area (TPSA) is 22.4 Å². The average molecular weight is 360 g/mol. The molecule has 0 spiro atoms. The van der Waals surface area contributed by atoms with Crippen molar-refractivity contribution in [3.05, 3.63) is 50.3 Å². The van der Waals surface area contributed by atoms with Gasteiger partial charge in [-0.1, -0.05) is 15.9 Å². The van der Waals surface area contributed by atoms with E-state index >= 15 is 0 Å². The van der Waals surface area contributed by atoms with Crippen molar-refractivity contribution in [1.82, 2.24) is 0 Å². The lowest BCUT2D eigenvalue weighted by molar-refractivity contribution is 0.267. The van der Waals surface area contributed by atoms with Gasteiger partial charge >= 0.3 is 0 Å². The van der Waals surface area contributed by atoms with Crippen LogP contribution in [0.3, 0.4) is 0 Å². The van der Waals surface area contributed by atoms with Crippen molar-refractivity contribution in [3.8, 4) is 5.75 Å². The predicted molar refractivity (Wildman–Crippen MR) is 74.4 cm³/mol. The van der Waals surface area contributed by atoms with Gasteiger partial charge in [-0.2, -0.15) is 0 Å². The first-order valence-corrected chi connectivity index (χ1v) is 6.78. The average Bonchev–Trinajstić information content (AvgIpc) is 2.69. The maximum atomic E-state index is 5.69. The summed E-state index contributed by atoms with van der Waals surface area (Å²) in [5.74, 6) is 1.66. The number of hydrogen-bond donors (Lipinski definition) is 0. The molecule has 2 nitrogen and oxygen atoms in total. The Bertz CT molecular complexity index is 509. The number of furan rings is 1. The number of hydrogen-bond acceptors (Lipinski definition) is 2. The second-order valence-corrected chi connectivity index (χ2v) is 5.44. The molecule has 0 aliphatic heterocycles. The Hall–Kier alpha value is -0.740. The molecule has 0 radical (unpaired) electrons. The highest BCUT2D eigenvalue weighted by atomic mass is 79.9. The highest BCUT2D eigenvalue weighted by Crippen LogP contribution is 2.27. The number of ether oxygens (including phenoxy) is 1. The maximum absolute atomic E-state index is 5.69. The van der Waals surface area contributed by atoms with E-state index in [2.05, 4.69) is 31.9 Å². The highest BCUT2D eigenvalue weighted by Gasteiger charge is 2.05. The Kier molecular flexibility index (Phi) is 3.94. The number of aryl methyl sites for hydroxylation is 2. The lowest BCUT2D eigenvalue weighted by atomic mass is 10.1. The van der Waals surface area contributed by atoms with Gasteiger partial charge in [-0.25, -0.2) is 0 Å². The van der Waals surface area contributed by atoms with Crippen molar-refractivity contribution in [1.29, 1.82) is 0 Å². The Labute approximate surface area is 117 Å². The van der Waals surface area contributed by atoms with Crippen LogP contribution in [0.25, 0.3) is 0 Å². The van der Waals surface area contributed by atoms with Gasteiger partial charge in [0.25, 0.3) is 0 Å². The third-order valence-electron chi connectivity index (χ3n) is 2.42. The number of benzene rings is 1. The van der Waals surface area contributed by atoms with Crippen LogP contribution in [0.15, 0.2) is 37.8 Å². The van der Waals surface area contributed by atoms with Gasteiger partial charge in [0.15, 0.2) is 4.67 Å². The monoisotopic (exact) mass is 358 g/mol. The van der Waals surface area contributed by atoms with Crippen molar-refractivity contribution < 1.29 is 9.15 Å². The van der Waals surface area contributed by atoms with Gasteiger partial charge in [0.2, 0.25) is 0 Å². The molecule has 0 aliphatic rings. The molecule has 0 amide bonds. The Morgan fingerprint density at radius 3 is 2.29 bits per heavy atom. The minimum absolute atomic E-state index is 0.437. The van der Waals surface area contributed by atoms with Crippen LogP contribution in [0.1, 0.15) is 16.9 Å². The molecular weight excluding hydrogens is 348 g/mol. The molecule has 2 aromatic rings. The first-order valence-electron chi connectivity index (χ1n) is 5.20. The minimum Gasteiger partial charge on any atom is -0.486 e. The second kappa shape index (κ2) is 5.27. The van der Waals surface area contributed by atoms with Crippen LogP contribution in [0.5, 0.6) is 5.75 Å². The fourth-order valence-electron chi connectivity index (χ4n) is 1.57. The van der Waals surface area contributed by atoms with Gasteiger partial charge in [-0.15, -0.1) is 0 Å². The largest absolute Gasteiger partial charge is 0.486 e. The van der Waals surface area contributed by atoms with E-state index < -0.39 is 0 Å². The van der Waals surface area contributed by atoms with E-state index in [0.717, 1.165) is 20.7 Å². The van der Waals surface area contributed by atoms with Crippen LogP contribution < -0.4 is 4.74 Å². The van der Waals surface area contributed by atoms with Crippen LogP contribution in [-0.4, -0.2) is 0 Å². The van der Waals surface area contributed by atoms with Crippen LogP contribution in [0, 0.1) is 13.8 Å². The summed E-state index contributed by atoms with van der Waals surface area (Å²) >= 11 is 6.80. The Morgan fingerprint density at radius 1 is 1.12 bits per heavy atom. The van der Waals surface area contributed by atoms with E-state index in [1.165, 1.54) is 11.1 Å². The normalized spacial score (nSPS) is 10.6. The van der Waals surface area contributed by atoms with Crippen molar-refractivity contribution in [2.24, 2.45) is 0 Å². The molecule has 0 N–H and O–H groups in total. The molecular formula is C13H12Br2O2. The van der Waals surface area contributed by atoms with Gasteiger partial charge in [-0.05, 0) is 65.2 Å². The molecule has 0 saturated heterocycles. The quantitative estimate of drug-likeness (QED) is 0.769. The predicted octanol–water partition coefficient (Wildman–Crippen LogP) is 5.00. The lowest BCUT2D eigenvalue weighted by Gasteiger charge is -2.09. The fourth-order valence-corrected chi connectivity index (χ4v) is 2.14. The molecule has 2 rings (SSSR count). The van der Waals surface area contributed by atoms with Crippen molar-refractivity contribution >= 4 is 31.9 Å². The molecule has 0 aliphatic carbocycles. The highest BCUT2D eigenvalue weighted by molar-refractivity contribution is 9.10. The summed E-state index contributed by atoms with van der Waals surface area (Å²) in [6.45, 7) is 4.53. The van der Waals surface area contributed by atoms with Gasteiger partial charge in [0, 0.05) is 4.47 Å². The standard InChI is InChI=1S/C13H12Br2O2/c1-8-5-11(6-9(2)13(8)15)16-7-10-3-4-12(14)17-10/h3-6H,7H2,1-2H3. The maximum Gasteiger partial charge on any atom is 0.169 e. The SMILES string of the molecule is Cc1cc(OCc2ccc(Br)o2)cc(C)c1Br. The lowest BCUT2D eigenvalue weighted by Crippen LogP contribution is -1.95. The van der Waals surface area contributed by atoms with Crippen LogP contribution in [0.4, 0.5) is 0 Å². The first-order chi connectivity index (χ1) is 8.06. The van der Waals surface area contributed by atoms with Gasteiger partial charge in [0.1, 0.15) is 18.1 Å². The summed E-state index contributed by atoms with van der Waals surface area (Å²) in [6, 6.07) is 7.77. The molecule has 4 heteroatoms. The molecule has 0 bridgehead atoms. The summed E-state index contributed by atoms with van der Waals surface area (Å²) in [5, 5.41) is 0. The smallest absolute Gasteiger partial charge is 0.169 e. The van der Waals surface area contributed by atoms with Crippen molar-refractivity contribution in [3.63, 3.8) is 0 Å². The number of rotatable bonds is 3. The molecule has 0 saturated carbocycles. The molecule has 0 fully saturated rings. The summed E-state index contributed by atoms with van der Waals surface area (Å²) < 4.78 is 12.9. The van der Waals surface area contributed by atoms with Gasteiger partial charge in [0.05, 0.1) is 0 Å². The zero-order valence-corrected chi connectivity index (χ0v) is 12.8. The first kappa shape index (κ1) is 12.7. The summed E-state index contributed by atoms with van der Waals surface area (Å²) in [7, 11) is 0. The molecule has 90 valence electrons. The zero-order chi connectivity index (χ0) is 12.4. The zero-order valence-electron chi connectivity index (χ0n) is 9.59. The molecule has 1 aromatic carbocycles. The van der Waals surface area contributed by atoms with E-state index in [0.29, 0.717) is 6.61 Å². The fraction of sp³-hybridized carbons (Fsp3) is 0.231. The van der Waals surface area contributed by atoms with E-state index in [9.17, 15) is 0 Å². The van der Waals surface area contributed by atoms with Gasteiger partial charge in [-0.3, -0.25) is 0 Å². The van der Waals surface area contributed by atoms with Crippen LogP contribution in [0.2, 0.25) is 0 Å². The molecule has 1 heterocycles. The van der Waals surface area contributed by atoms with E-state index in [1.54, 1.807) is 0 Å². The summed E-state index contributed by atoms with van der Waals surface area (Å²) in [6.07, 6.45) is 0. The molecule has 17 heavy (non-hydrogen) atoms. The summed E-state index contributed by atoms with van der Waals surface area (Å²) in [4.78, 5) is 0. The van der Waals surface area contributed by atoms with E-state index in [-0.39, 0.29) is 0 Å². The number of halogens is 2. The molecule has 1 aromatic heterocycles. The summed E-state index contributed by atoms with van der Waals surface area (Å²) in [5.41, 5.74) is 2.33. The van der Waals surface area contributed by atoms with Crippen LogP contribution in [-0.2, 0) is 6.61 Å². The van der Waals surface area contributed by atoms with Gasteiger partial charge < -0.3 is 9.15 Å². The molecule has 0 unspecified atom stereocenters. The van der Waals surface area contributed by atoms with Crippen molar-refractivity contribution in [2.75, 3.05) is 0 Å².